The van der Waals surface area contributed by atoms with E-state index in [1.54, 1.807) is 6.92 Å². The van der Waals surface area contributed by atoms with Gasteiger partial charge in [-0.15, -0.1) is 0 Å². The zero-order valence-corrected chi connectivity index (χ0v) is 12.0. The highest BCUT2D eigenvalue weighted by molar-refractivity contribution is 7.89. The number of rotatable bonds is 9. The van der Waals surface area contributed by atoms with E-state index in [1.165, 1.54) is 14.0 Å². The summed E-state index contributed by atoms with van der Waals surface area (Å²) in [5.74, 6) is -2.06. The van der Waals surface area contributed by atoms with Crippen molar-refractivity contribution in [2.75, 3.05) is 19.5 Å². The quantitative estimate of drug-likeness (QED) is 0.497. The number of amides is 1. The van der Waals surface area contributed by atoms with Gasteiger partial charge in [-0.25, -0.2) is 17.9 Å². The number of carbonyl (C=O) groups is 2. The molecule has 0 aliphatic carbocycles. The van der Waals surface area contributed by atoms with Crippen LogP contribution in [0.25, 0.3) is 0 Å². The van der Waals surface area contributed by atoms with Crippen molar-refractivity contribution in [3.63, 3.8) is 0 Å². The molecule has 0 rings (SSSR count). The maximum Gasteiger partial charge on any atom is 0.328 e. The SMILES string of the molecule is CCCS(=O)(=O)NC(C)C(=O)NC(COC)C(=O)O. The molecule has 0 fully saturated rings. The number of carboxylic acids is 1. The Labute approximate surface area is 112 Å². The Kier molecular flexibility index (Phi) is 7.57. The van der Waals surface area contributed by atoms with E-state index in [0.717, 1.165) is 0 Å². The normalized spacial score (nSPS) is 14.7. The first kappa shape index (κ1) is 17.8. The second-order valence-corrected chi connectivity index (χ2v) is 5.89. The van der Waals surface area contributed by atoms with E-state index in [4.69, 9.17) is 5.11 Å². The van der Waals surface area contributed by atoms with Crippen molar-refractivity contribution in [2.45, 2.75) is 32.4 Å². The van der Waals surface area contributed by atoms with Gasteiger partial charge in [-0.05, 0) is 13.3 Å². The van der Waals surface area contributed by atoms with Crippen LogP contribution >= 0.6 is 0 Å². The molecule has 0 aromatic heterocycles. The topological polar surface area (TPSA) is 122 Å². The van der Waals surface area contributed by atoms with Crippen LogP contribution in [0.1, 0.15) is 20.3 Å². The van der Waals surface area contributed by atoms with Crippen molar-refractivity contribution in [3.8, 4) is 0 Å². The van der Waals surface area contributed by atoms with Crippen molar-refractivity contribution in [1.29, 1.82) is 0 Å². The average Bonchev–Trinajstić information content (AvgIpc) is 2.27. The summed E-state index contributed by atoms with van der Waals surface area (Å²) in [6, 6.07) is -2.26. The Bertz CT molecular complexity index is 408. The molecule has 1 amide bonds. The van der Waals surface area contributed by atoms with Crippen LogP contribution < -0.4 is 10.0 Å². The van der Waals surface area contributed by atoms with Gasteiger partial charge in [-0.1, -0.05) is 6.92 Å². The number of sulfonamides is 1. The van der Waals surface area contributed by atoms with Crippen molar-refractivity contribution in [2.24, 2.45) is 0 Å². The zero-order chi connectivity index (χ0) is 15.1. The van der Waals surface area contributed by atoms with Crippen molar-refractivity contribution < 1.29 is 27.9 Å². The minimum Gasteiger partial charge on any atom is -0.480 e. The maximum absolute atomic E-state index is 11.7. The molecule has 8 nitrogen and oxygen atoms in total. The number of hydrogen-bond donors (Lipinski definition) is 3. The van der Waals surface area contributed by atoms with Crippen LogP contribution in [0.3, 0.4) is 0 Å². The zero-order valence-electron chi connectivity index (χ0n) is 11.2. The first-order valence-corrected chi connectivity index (χ1v) is 7.40. The number of hydrogen-bond acceptors (Lipinski definition) is 5. The number of nitrogens with one attached hydrogen (secondary N) is 2. The Hall–Kier alpha value is -1.19. The molecule has 0 aromatic carbocycles. The summed E-state index contributed by atoms with van der Waals surface area (Å²) in [5, 5.41) is 11.0. The van der Waals surface area contributed by atoms with Crippen molar-refractivity contribution >= 4 is 21.9 Å². The smallest absolute Gasteiger partial charge is 0.328 e. The standard InChI is InChI=1S/C10H20N2O6S/c1-4-5-19(16,17)12-7(2)9(13)11-8(6-18-3)10(14)15/h7-8,12H,4-6H2,1-3H3,(H,11,13)(H,14,15). The van der Waals surface area contributed by atoms with E-state index in [-0.39, 0.29) is 12.4 Å². The maximum atomic E-state index is 11.7. The lowest BCUT2D eigenvalue weighted by Gasteiger charge is -2.18. The third-order valence-corrected chi connectivity index (χ3v) is 3.83. The van der Waals surface area contributed by atoms with Crippen LogP contribution in [0.15, 0.2) is 0 Å². The van der Waals surface area contributed by atoms with Crippen LogP contribution in [0.4, 0.5) is 0 Å². The molecular weight excluding hydrogens is 276 g/mol. The van der Waals surface area contributed by atoms with Gasteiger partial charge < -0.3 is 15.2 Å². The lowest BCUT2D eigenvalue weighted by Crippen LogP contribution is -2.52. The van der Waals surface area contributed by atoms with Crippen molar-refractivity contribution in [1.82, 2.24) is 10.0 Å². The van der Waals surface area contributed by atoms with Gasteiger partial charge in [0.05, 0.1) is 18.4 Å². The summed E-state index contributed by atoms with van der Waals surface area (Å²) >= 11 is 0. The van der Waals surface area contributed by atoms with Crippen LogP contribution in [0, 0.1) is 0 Å². The van der Waals surface area contributed by atoms with Crippen molar-refractivity contribution in [3.05, 3.63) is 0 Å². The molecular formula is C10H20N2O6S. The summed E-state index contributed by atoms with van der Waals surface area (Å²) in [6.07, 6.45) is 0.422. The van der Waals surface area contributed by atoms with E-state index in [1.807, 2.05) is 0 Å². The molecule has 112 valence electrons. The molecule has 3 N–H and O–H groups in total. The Balaban J connectivity index is 4.52. The van der Waals surface area contributed by atoms with E-state index >= 15 is 0 Å². The van der Waals surface area contributed by atoms with Crippen LogP contribution in [-0.4, -0.2) is 57.0 Å². The minimum absolute atomic E-state index is 0.0922. The number of ether oxygens (including phenoxy) is 1. The molecule has 2 unspecified atom stereocenters. The number of aliphatic carboxylic acids is 1. The predicted molar refractivity (Wildman–Crippen MR) is 68.1 cm³/mol. The van der Waals surface area contributed by atoms with Gasteiger partial charge in [0.25, 0.3) is 0 Å². The molecule has 0 spiro atoms. The fourth-order valence-corrected chi connectivity index (χ4v) is 2.59. The first-order chi connectivity index (χ1) is 8.73. The summed E-state index contributed by atoms with van der Waals surface area (Å²) in [5.41, 5.74) is 0. The Morgan fingerprint density at radius 1 is 1.37 bits per heavy atom. The van der Waals surface area contributed by atoms with Crippen LogP contribution in [-0.2, 0) is 24.3 Å². The van der Waals surface area contributed by atoms with E-state index < -0.39 is 34.0 Å². The lowest BCUT2D eigenvalue weighted by molar-refractivity contribution is -0.143. The second kappa shape index (κ2) is 8.08. The summed E-state index contributed by atoms with van der Waals surface area (Å²) in [7, 11) is -2.23. The highest BCUT2D eigenvalue weighted by Crippen LogP contribution is 1.94. The third kappa shape index (κ3) is 7.09. The monoisotopic (exact) mass is 296 g/mol. The third-order valence-electron chi connectivity index (χ3n) is 2.17. The van der Waals surface area contributed by atoms with Crippen LogP contribution in [0.5, 0.6) is 0 Å². The van der Waals surface area contributed by atoms with E-state index in [9.17, 15) is 18.0 Å². The molecule has 0 aliphatic heterocycles. The average molecular weight is 296 g/mol. The molecule has 0 radical (unpaired) electrons. The second-order valence-electron chi connectivity index (χ2n) is 4.01. The van der Waals surface area contributed by atoms with E-state index in [2.05, 4.69) is 14.8 Å². The van der Waals surface area contributed by atoms with Crippen LogP contribution in [0.2, 0.25) is 0 Å². The van der Waals surface area contributed by atoms with Gasteiger partial charge in [0.2, 0.25) is 15.9 Å². The largest absolute Gasteiger partial charge is 0.480 e. The van der Waals surface area contributed by atoms with Gasteiger partial charge in [-0.2, -0.15) is 0 Å². The molecule has 0 saturated heterocycles. The fraction of sp³-hybridized carbons (Fsp3) is 0.800. The summed E-state index contributed by atoms with van der Waals surface area (Å²) in [6.45, 7) is 2.84. The number of methoxy groups -OCH3 is 1. The fourth-order valence-electron chi connectivity index (χ4n) is 1.29. The van der Waals surface area contributed by atoms with Gasteiger partial charge in [0, 0.05) is 7.11 Å². The number of carbonyl (C=O) groups excluding carboxylic acids is 1. The molecule has 0 heterocycles. The molecule has 9 heteroatoms. The molecule has 2 atom stereocenters. The molecule has 19 heavy (non-hydrogen) atoms. The van der Waals surface area contributed by atoms with Gasteiger partial charge >= 0.3 is 5.97 Å². The molecule has 0 bridgehead atoms. The summed E-state index contributed by atoms with van der Waals surface area (Å²) < 4.78 is 29.7. The first-order valence-electron chi connectivity index (χ1n) is 5.75. The Morgan fingerprint density at radius 2 is 1.95 bits per heavy atom. The highest BCUT2D eigenvalue weighted by Gasteiger charge is 2.25. The van der Waals surface area contributed by atoms with Gasteiger partial charge in [0.1, 0.15) is 0 Å². The van der Waals surface area contributed by atoms with E-state index in [0.29, 0.717) is 6.42 Å². The minimum atomic E-state index is -3.53. The lowest BCUT2D eigenvalue weighted by atomic mass is 10.2. The number of carboxylic acid groups (broad SMARTS) is 1. The molecule has 0 saturated carbocycles. The van der Waals surface area contributed by atoms with Gasteiger partial charge in [0.15, 0.2) is 6.04 Å². The summed E-state index contributed by atoms with van der Waals surface area (Å²) in [4.78, 5) is 22.5. The highest BCUT2D eigenvalue weighted by atomic mass is 32.2. The molecule has 0 aromatic rings. The van der Waals surface area contributed by atoms with Gasteiger partial charge in [-0.3, -0.25) is 4.79 Å². The molecule has 0 aliphatic rings. The predicted octanol–water partition coefficient (Wildman–Crippen LogP) is -1.08. The Morgan fingerprint density at radius 3 is 2.37 bits per heavy atom.